The molecule has 1 aromatic heterocycles. The van der Waals surface area contributed by atoms with Crippen molar-refractivity contribution in [3.8, 4) is 27.9 Å². The topological polar surface area (TPSA) is 4.93 Å². The number of aromatic nitrogens is 1. The first-order valence-electron chi connectivity index (χ1n) is 14.3. The predicted molar refractivity (Wildman–Crippen MR) is 183 cm³/mol. The maximum absolute atomic E-state index is 3.82. The van der Waals surface area contributed by atoms with Gasteiger partial charge in [-0.3, -0.25) is 0 Å². The number of halogens is 1. The number of benzene rings is 8. The van der Waals surface area contributed by atoms with Crippen LogP contribution in [-0.4, -0.2) is 4.57 Å². The van der Waals surface area contributed by atoms with Crippen LogP contribution < -0.4 is 0 Å². The summed E-state index contributed by atoms with van der Waals surface area (Å²) in [5.41, 5.74) is 8.53. The third-order valence-electron chi connectivity index (χ3n) is 8.79. The molecule has 0 aliphatic rings. The van der Waals surface area contributed by atoms with Crippen molar-refractivity contribution in [2.24, 2.45) is 0 Å². The van der Waals surface area contributed by atoms with Crippen molar-refractivity contribution in [1.82, 2.24) is 4.57 Å². The Morgan fingerprint density at radius 3 is 1.74 bits per heavy atom. The van der Waals surface area contributed by atoms with E-state index in [9.17, 15) is 0 Å². The van der Waals surface area contributed by atoms with Crippen LogP contribution in [0.3, 0.4) is 0 Å². The van der Waals surface area contributed by atoms with E-state index in [0.29, 0.717) is 0 Å². The van der Waals surface area contributed by atoms with Crippen LogP contribution in [0.2, 0.25) is 0 Å². The van der Waals surface area contributed by atoms with Crippen molar-refractivity contribution in [2.75, 3.05) is 0 Å². The lowest BCUT2D eigenvalue weighted by molar-refractivity contribution is 1.19. The average molecular weight is 599 g/mol. The van der Waals surface area contributed by atoms with Crippen molar-refractivity contribution in [3.05, 3.63) is 150 Å². The highest BCUT2D eigenvalue weighted by atomic mass is 79.9. The molecule has 0 saturated carbocycles. The quantitative estimate of drug-likeness (QED) is 0.178. The number of nitrogens with zero attached hydrogens (tertiary/aromatic N) is 1. The largest absolute Gasteiger partial charge is 0.309 e. The van der Waals surface area contributed by atoms with Gasteiger partial charge in [0.25, 0.3) is 0 Å². The summed E-state index contributed by atoms with van der Waals surface area (Å²) >= 11 is 3.82. The Balaban J connectivity index is 1.42. The van der Waals surface area contributed by atoms with Gasteiger partial charge in [0.1, 0.15) is 0 Å². The molecule has 0 unspecified atom stereocenters. The summed E-state index contributed by atoms with van der Waals surface area (Å²) < 4.78 is 3.61. The SMILES string of the molecule is Brc1ccc2ccc3c4c(ccc1c24)cc1c2ccc(-c4ccccc4)cc2n(-c2ccc(-c4ccccc4)cc2)c13. The normalized spacial score (nSPS) is 11.9. The van der Waals surface area contributed by atoms with Gasteiger partial charge in [0.15, 0.2) is 0 Å². The molecule has 1 nitrogen and oxygen atoms in total. The Morgan fingerprint density at radius 1 is 0.405 bits per heavy atom. The third kappa shape index (κ3) is 3.42. The molecular formula is C40H24BrN. The Morgan fingerprint density at radius 2 is 0.976 bits per heavy atom. The van der Waals surface area contributed by atoms with Gasteiger partial charge in [-0.25, -0.2) is 0 Å². The van der Waals surface area contributed by atoms with E-state index < -0.39 is 0 Å². The van der Waals surface area contributed by atoms with Gasteiger partial charge in [-0.1, -0.05) is 131 Å². The highest BCUT2D eigenvalue weighted by molar-refractivity contribution is 9.10. The highest BCUT2D eigenvalue weighted by Gasteiger charge is 2.20. The van der Waals surface area contributed by atoms with Gasteiger partial charge < -0.3 is 4.57 Å². The van der Waals surface area contributed by atoms with Gasteiger partial charge in [-0.2, -0.15) is 0 Å². The molecule has 9 rings (SSSR count). The number of hydrogen-bond acceptors (Lipinski definition) is 0. The van der Waals surface area contributed by atoms with Crippen LogP contribution in [0.5, 0.6) is 0 Å². The second kappa shape index (κ2) is 9.04. The molecule has 196 valence electrons. The Kier molecular flexibility index (Phi) is 5.11. The van der Waals surface area contributed by atoms with Crippen LogP contribution >= 0.6 is 15.9 Å². The summed E-state index contributed by atoms with van der Waals surface area (Å²) in [6, 6.07) is 53.2. The zero-order valence-corrected chi connectivity index (χ0v) is 24.3. The van der Waals surface area contributed by atoms with E-state index in [-0.39, 0.29) is 0 Å². The van der Waals surface area contributed by atoms with Crippen LogP contribution in [0, 0.1) is 0 Å². The van der Waals surface area contributed by atoms with Crippen LogP contribution in [0.15, 0.2) is 150 Å². The van der Waals surface area contributed by atoms with Crippen molar-refractivity contribution in [2.45, 2.75) is 0 Å². The molecule has 0 radical (unpaired) electrons. The monoisotopic (exact) mass is 597 g/mol. The summed E-state index contributed by atoms with van der Waals surface area (Å²) in [6.45, 7) is 0. The molecule has 42 heavy (non-hydrogen) atoms. The minimum absolute atomic E-state index is 1.13. The van der Waals surface area contributed by atoms with Crippen molar-refractivity contribution >= 4 is 70.1 Å². The number of hydrogen-bond donors (Lipinski definition) is 0. The first-order valence-corrected chi connectivity index (χ1v) is 15.1. The first-order chi connectivity index (χ1) is 20.7. The fraction of sp³-hybridized carbons (Fsp3) is 0. The molecule has 0 N–H and O–H groups in total. The summed E-state index contributed by atoms with van der Waals surface area (Å²) in [4.78, 5) is 0. The molecule has 9 aromatic rings. The van der Waals surface area contributed by atoms with Crippen LogP contribution in [0.4, 0.5) is 0 Å². The lowest BCUT2D eigenvalue weighted by Crippen LogP contribution is -1.95. The van der Waals surface area contributed by atoms with Crippen LogP contribution in [-0.2, 0) is 0 Å². The maximum atomic E-state index is 3.82. The molecular weight excluding hydrogens is 574 g/mol. The fourth-order valence-electron chi connectivity index (χ4n) is 6.85. The van der Waals surface area contributed by atoms with E-state index in [1.165, 1.54) is 76.4 Å². The minimum Gasteiger partial charge on any atom is -0.309 e. The van der Waals surface area contributed by atoms with Gasteiger partial charge in [0.05, 0.1) is 11.0 Å². The molecule has 0 amide bonds. The van der Waals surface area contributed by atoms with Crippen molar-refractivity contribution in [3.63, 3.8) is 0 Å². The molecule has 0 spiro atoms. The molecule has 0 atom stereocenters. The molecule has 1 heterocycles. The lowest BCUT2D eigenvalue weighted by atomic mass is 9.92. The number of fused-ring (bicyclic) bond motifs is 4. The van der Waals surface area contributed by atoms with Gasteiger partial charge >= 0.3 is 0 Å². The van der Waals surface area contributed by atoms with E-state index in [1.807, 2.05) is 0 Å². The Bertz CT molecular complexity index is 2440. The second-order valence-corrected chi connectivity index (χ2v) is 11.9. The van der Waals surface area contributed by atoms with Crippen LogP contribution in [0.25, 0.3) is 82.1 Å². The smallest absolute Gasteiger partial charge is 0.0620 e. The molecule has 0 saturated heterocycles. The van der Waals surface area contributed by atoms with E-state index in [0.717, 1.165) is 10.2 Å². The zero-order chi connectivity index (χ0) is 27.8. The maximum Gasteiger partial charge on any atom is 0.0620 e. The van der Waals surface area contributed by atoms with Crippen LogP contribution in [0.1, 0.15) is 0 Å². The summed E-state index contributed by atoms with van der Waals surface area (Å²) in [5, 5.41) is 10.3. The second-order valence-electron chi connectivity index (χ2n) is 11.1. The first kappa shape index (κ1) is 23.8. The summed E-state index contributed by atoms with van der Waals surface area (Å²) in [6.07, 6.45) is 0. The third-order valence-corrected chi connectivity index (χ3v) is 9.49. The van der Waals surface area contributed by atoms with E-state index in [1.54, 1.807) is 0 Å². The van der Waals surface area contributed by atoms with E-state index in [4.69, 9.17) is 0 Å². The highest BCUT2D eigenvalue weighted by Crippen LogP contribution is 2.44. The zero-order valence-electron chi connectivity index (χ0n) is 22.7. The van der Waals surface area contributed by atoms with E-state index >= 15 is 0 Å². The van der Waals surface area contributed by atoms with Gasteiger partial charge in [-0.05, 0) is 79.5 Å². The number of rotatable bonds is 3. The average Bonchev–Trinajstić information content (AvgIpc) is 3.38. The van der Waals surface area contributed by atoms with Gasteiger partial charge in [-0.15, -0.1) is 0 Å². The minimum atomic E-state index is 1.13. The standard InChI is InChI=1S/C40H24BrN/c41-36-22-16-28-13-21-34-39-30(15-20-33(36)38(28)39)23-35-32-19-14-29(26-9-5-2-6-10-26)24-37(32)42(40(34)35)31-17-11-27(12-18-31)25-7-3-1-4-8-25/h1-24H. The molecule has 0 aliphatic carbocycles. The summed E-state index contributed by atoms with van der Waals surface area (Å²) in [7, 11) is 0. The van der Waals surface area contributed by atoms with E-state index in [2.05, 4.69) is 166 Å². The van der Waals surface area contributed by atoms with Crippen molar-refractivity contribution < 1.29 is 0 Å². The molecule has 0 aliphatic heterocycles. The fourth-order valence-corrected chi connectivity index (χ4v) is 7.31. The lowest BCUT2D eigenvalue weighted by Gasteiger charge is -2.15. The van der Waals surface area contributed by atoms with Crippen molar-refractivity contribution in [1.29, 1.82) is 0 Å². The van der Waals surface area contributed by atoms with Gasteiger partial charge in [0, 0.05) is 26.3 Å². The molecule has 0 fully saturated rings. The Labute approximate surface area is 251 Å². The molecule has 8 aromatic carbocycles. The molecule has 2 heteroatoms. The summed E-state index contributed by atoms with van der Waals surface area (Å²) in [5.74, 6) is 0. The van der Waals surface area contributed by atoms with Gasteiger partial charge in [0.2, 0.25) is 0 Å². The molecule has 0 bridgehead atoms. The Hall–Kier alpha value is -4.92. The predicted octanol–water partition coefficient (Wildman–Crippen LogP) is 11.8.